The van der Waals surface area contributed by atoms with Gasteiger partial charge in [0.05, 0.1) is 15.7 Å². The molecule has 0 saturated heterocycles. The molecule has 0 unspecified atom stereocenters. The summed E-state index contributed by atoms with van der Waals surface area (Å²) in [7, 11) is 0. The van der Waals surface area contributed by atoms with Crippen molar-refractivity contribution in [3.63, 3.8) is 0 Å². The first-order valence-corrected chi connectivity index (χ1v) is 7.74. The summed E-state index contributed by atoms with van der Waals surface area (Å²) in [5, 5.41) is 1.21. The number of rotatable bonds is 5. The lowest BCUT2D eigenvalue weighted by molar-refractivity contribution is 0.866. The smallest absolute Gasteiger partial charge is 0.0631 e. The standard InChI is InChI=1S/C17H18Cl2N2/c1-3-21(4-2)14-10-8-13(9-11-14)20-12-15-16(18)6-5-7-17(15)19/h5-12H,3-4H2,1-2H3. The summed E-state index contributed by atoms with van der Waals surface area (Å²) in [6.45, 7) is 6.28. The van der Waals surface area contributed by atoms with Gasteiger partial charge in [-0.15, -0.1) is 0 Å². The minimum absolute atomic E-state index is 0.603. The molecular weight excluding hydrogens is 303 g/mol. The number of nitrogens with zero attached hydrogens (tertiary/aromatic N) is 2. The molecule has 2 aromatic rings. The molecule has 2 rings (SSSR count). The highest BCUT2D eigenvalue weighted by molar-refractivity contribution is 6.38. The average Bonchev–Trinajstić information content (AvgIpc) is 2.49. The lowest BCUT2D eigenvalue weighted by Gasteiger charge is -2.20. The quantitative estimate of drug-likeness (QED) is 0.655. The van der Waals surface area contributed by atoms with Crippen LogP contribution in [0.5, 0.6) is 0 Å². The monoisotopic (exact) mass is 320 g/mol. The van der Waals surface area contributed by atoms with E-state index in [9.17, 15) is 0 Å². The van der Waals surface area contributed by atoms with Crippen molar-refractivity contribution in [1.82, 2.24) is 0 Å². The minimum atomic E-state index is 0.603. The Morgan fingerprint density at radius 3 is 2.05 bits per heavy atom. The van der Waals surface area contributed by atoms with Gasteiger partial charge in [0.25, 0.3) is 0 Å². The Bertz CT molecular complexity index is 597. The van der Waals surface area contributed by atoms with E-state index >= 15 is 0 Å². The van der Waals surface area contributed by atoms with Crippen molar-refractivity contribution >= 4 is 40.8 Å². The maximum Gasteiger partial charge on any atom is 0.0631 e. The minimum Gasteiger partial charge on any atom is -0.372 e. The van der Waals surface area contributed by atoms with E-state index in [4.69, 9.17) is 23.2 Å². The molecule has 0 aliphatic rings. The third kappa shape index (κ3) is 3.99. The van der Waals surface area contributed by atoms with Crippen LogP contribution in [0.3, 0.4) is 0 Å². The lowest BCUT2D eigenvalue weighted by atomic mass is 10.2. The molecular formula is C17H18Cl2N2. The number of anilines is 1. The first-order valence-electron chi connectivity index (χ1n) is 6.98. The molecule has 0 atom stereocenters. The zero-order valence-electron chi connectivity index (χ0n) is 12.2. The molecule has 0 heterocycles. The van der Waals surface area contributed by atoms with Crippen LogP contribution in [0.1, 0.15) is 19.4 Å². The summed E-state index contributed by atoms with van der Waals surface area (Å²) in [6.07, 6.45) is 1.71. The van der Waals surface area contributed by atoms with Crippen LogP contribution in [0.25, 0.3) is 0 Å². The Kier molecular flexibility index (Phi) is 5.66. The molecule has 2 nitrogen and oxygen atoms in total. The summed E-state index contributed by atoms with van der Waals surface area (Å²) in [6, 6.07) is 13.6. The fraction of sp³-hybridized carbons (Fsp3) is 0.235. The summed E-state index contributed by atoms with van der Waals surface area (Å²) in [5.41, 5.74) is 2.82. The summed E-state index contributed by atoms with van der Waals surface area (Å²) in [4.78, 5) is 6.73. The molecule has 0 aliphatic heterocycles. The Morgan fingerprint density at radius 1 is 0.952 bits per heavy atom. The van der Waals surface area contributed by atoms with Crippen LogP contribution in [0, 0.1) is 0 Å². The Balaban J connectivity index is 2.19. The summed E-state index contributed by atoms with van der Waals surface area (Å²) < 4.78 is 0. The summed E-state index contributed by atoms with van der Waals surface area (Å²) in [5.74, 6) is 0. The zero-order valence-corrected chi connectivity index (χ0v) is 13.7. The molecule has 0 radical (unpaired) electrons. The maximum atomic E-state index is 6.12. The van der Waals surface area contributed by atoms with Gasteiger partial charge < -0.3 is 4.90 Å². The third-order valence-corrected chi connectivity index (χ3v) is 3.98. The van der Waals surface area contributed by atoms with Gasteiger partial charge in [0, 0.05) is 30.6 Å². The van der Waals surface area contributed by atoms with Crippen LogP contribution in [0.4, 0.5) is 11.4 Å². The summed E-state index contributed by atoms with van der Waals surface area (Å²) >= 11 is 12.2. The van der Waals surface area contributed by atoms with E-state index in [1.807, 2.05) is 18.2 Å². The number of aliphatic imine (C=N–C) groups is 1. The van der Waals surface area contributed by atoms with Crippen LogP contribution < -0.4 is 4.90 Å². The average molecular weight is 321 g/mol. The van der Waals surface area contributed by atoms with E-state index in [-0.39, 0.29) is 0 Å². The van der Waals surface area contributed by atoms with Crippen molar-refractivity contribution in [2.24, 2.45) is 4.99 Å². The first kappa shape index (κ1) is 15.9. The molecule has 0 spiro atoms. The maximum absolute atomic E-state index is 6.12. The van der Waals surface area contributed by atoms with Crippen LogP contribution in [-0.4, -0.2) is 19.3 Å². The molecule has 4 heteroatoms. The number of hydrogen-bond acceptors (Lipinski definition) is 2. The van der Waals surface area contributed by atoms with Gasteiger partial charge >= 0.3 is 0 Å². The van der Waals surface area contributed by atoms with Gasteiger partial charge in [-0.2, -0.15) is 0 Å². The van der Waals surface area contributed by atoms with Gasteiger partial charge in [-0.1, -0.05) is 29.3 Å². The fourth-order valence-corrected chi connectivity index (χ4v) is 2.61. The van der Waals surface area contributed by atoms with E-state index in [0.29, 0.717) is 10.0 Å². The van der Waals surface area contributed by atoms with Crippen LogP contribution >= 0.6 is 23.2 Å². The molecule has 2 aromatic carbocycles. The predicted octanol–water partition coefficient (Wildman–Crippen LogP) is 5.59. The Hall–Kier alpha value is -1.51. The molecule has 0 aromatic heterocycles. The van der Waals surface area contributed by atoms with E-state index in [2.05, 4.69) is 35.9 Å². The second-order valence-electron chi connectivity index (χ2n) is 4.58. The van der Waals surface area contributed by atoms with E-state index in [1.54, 1.807) is 18.3 Å². The van der Waals surface area contributed by atoms with Gasteiger partial charge in [-0.25, -0.2) is 0 Å². The van der Waals surface area contributed by atoms with E-state index < -0.39 is 0 Å². The predicted molar refractivity (Wildman–Crippen MR) is 93.7 cm³/mol. The van der Waals surface area contributed by atoms with Crippen molar-refractivity contribution in [3.05, 3.63) is 58.1 Å². The Labute approximate surface area is 136 Å². The van der Waals surface area contributed by atoms with Crippen molar-refractivity contribution in [3.8, 4) is 0 Å². The molecule has 0 bridgehead atoms. The lowest BCUT2D eigenvalue weighted by Crippen LogP contribution is -2.21. The highest BCUT2D eigenvalue weighted by atomic mass is 35.5. The van der Waals surface area contributed by atoms with Crippen LogP contribution in [0.15, 0.2) is 47.5 Å². The Morgan fingerprint density at radius 2 is 1.52 bits per heavy atom. The number of benzene rings is 2. The number of hydrogen-bond donors (Lipinski definition) is 0. The van der Waals surface area contributed by atoms with Crippen molar-refractivity contribution in [2.45, 2.75) is 13.8 Å². The van der Waals surface area contributed by atoms with E-state index in [1.165, 1.54) is 5.69 Å². The third-order valence-electron chi connectivity index (χ3n) is 3.32. The van der Waals surface area contributed by atoms with Crippen LogP contribution in [0.2, 0.25) is 10.0 Å². The van der Waals surface area contributed by atoms with Crippen molar-refractivity contribution in [2.75, 3.05) is 18.0 Å². The molecule has 0 N–H and O–H groups in total. The molecule has 0 amide bonds. The van der Waals surface area contributed by atoms with Gasteiger partial charge in [0.1, 0.15) is 0 Å². The highest BCUT2D eigenvalue weighted by Gasteiger charge is 2.03. The SMILES string of the molecule is CCN(CC)c1ccc(N=Cc2c(Cl)cccc2Cl)cc1. The molecule has 0 fully saturated rings. The fourth-order valence-electron chi connectivity index (χ4n) is 2.11. The normalized spacial score (nSPS) is 11.0. The topological polar surface area (TPSA) is 15.6 Å². The molecule has 0 aliphatic carbocycles. The first-order chi connectivity index (χ1) is 10.2. The zero-order chi connectivity index (χ0) is 15.2. The molecule has 21 heavy (non-hydrogen) atoms. The van der Waals surface area contributed by atoms with Crippen molar-refractivity contribution < 1.29 is 0 Å². The second-order valence-corrected chi connectivity index (χ2v) is 5.40. The van der Waals surface area contributed by atoms with Gasteiger partial charge in [-0.3, -0.25) is 4.99 Å². The molecule has 110 valence electrons. The largest absolute Gasteiger partial charge is 0.372 e. The molecule has 0 saturated carbocycles. The number of halogens is 2. The highest BCUT2D eigenvalue weighted by Crippen LogP contribution is 2.24. The second kappa shape index (κ2) is 7.48. The van der Waals surface area contributed by atoms with Crippen LogP contribution in [-0.2, 0) is 0 Å². The van der Waals surface area contributed by atoms with E-state index in [0.717, 1.165) is 24.3 Å². The van der Waals surface area contributed by atoms with Gasteiger partial charge in [-0.05, 0) is 50.2 Å². The van der Waals surface area contributed by atoms with Gasteiger partial charge in [0.15, 0.2) is 0 Å². The van der Waals surface area contributed by atoms with Gasteiger partial charge in [0.2, 0.25) is 0 Å². The van der Waals surface area contributed by atoms with Crippen molar-refractivity contribution in [1.29, 1.82) is 0 Å².